The molecule has 1 amide bonds. The number of nitrogens with one attached hydrogen (secondary N) is 1. The first kappa shape index (κ1) is 18.1. The summed E-state index contributed by atoms with van der Waals surface area (Å²) in [6, 6.07) is 14.4. The van der Waals surface area contributed by atoms with Gasteiger partial charge in [-0.1, -0.05) is 18.2 Å². The Bertz CT molecular complexity index is 746. The second-order valence-electron chi connectivity index (χ2n) is 6.10. The van der Waals surface area contributed by atoms with Crippen molar-refractivity contribution in [1.29, 1.82) is 0 Å². The number of benzene rings is 2. The van der Waals surface area contributed by atoms with E-state index in [9.17, 15) is 9.90 Å². The number of aliphatic hydroxyl groups is 1. The van der Waals surface area contributed by atoms with Gasteiger partial charge in [0, 0.05) is 12.0 Å². The fraction of sp³-hybridized carbons (Fsp3) is 0.350. The van der Waals surface area contributed by atoms with Crippen molar-refractivity contribution in [3.8, 4) is 17.2 Å². The minimum absolute atomic E-state index is 0.110. The third-order valence-electron chi connectivity index (χ3n) is 4.24. The van der Waals surface area contributed by atoms with Gasteiger partial charge in [0.05, 0.1) is 19.8 Å². The minimum atomic E-state index is -1.14. The van der Waals surface area contributed by atoms with Gasteiger partial charge in [0.25, 0.3) is 5.91 Å². The molecular weight excluding hydrogens is 334 g/mol. The van der Waals surface area contributed by atoms with Gasteiger partial charge < -0.3 is 24.6 Å². The number of fused-ring (bicyclic) bond motifs is 1. The third-order valence-corrected chi connectivity index (χ3v) is 4.24. The second-order valence-corrected chi connectivity index (χ2v) is 6.10. The molecular formula is C20H23NO5. The maximum atomic E-state index is 12.1. The van der Waals surface area contributed by atoms with Gasteiger partial charge in [-0.15, -0.1) is 0 Å². The lowest BCUT2D eigenvalue weighted by Crippen LogP contribution is -2.45. The number of hydrogen-bond donors (Lipinski definition) is 2. The molecule has 26 heavy (non-hydrogen) atoms. The zero-order valence-electron chi connectivity index (χ0n) is 14.7. The molecule has 1 aliphatic rings. The van der Waals surface area contributed by atoms with Crippen LogP contribution in [0.4, 0.5) is 0 Å². The van der Waals surface area contributed by atoms with Crippen LogP contribution in [0.3, 0.4) is 0 Å². The summed E-state index contributed by atoms with van der Waals surface area (Å²) in [5.74, 6) is 1.70. The number of hydrogen-bond acceptors (Lipinski definition) is 5. The minimum Gasteiger partial charge on any atom is -0.494 e. The van der Waals surface area contributed by atoms with Crippen molar-refractivity contribution >= 4 is 5.91 Å². The molecule has 6 nitrogen and oxygen atoms in total. The van der Waals surface area contributed by atoms with Crippen molar-refractivity contribution in [3.63, 3.8) is 0 Å². The van der Waals surface area contributed by atoms with Crippen LogP contribution in [0.25, 0.3) is 0 Å². The van der Waals surface area contributed by atoms with Crippen LogP contribution in [-0.4, -0.2) is 37.4 Å². The Morgan fingerprint density at radius 1 is 1.15 bits per heavy atom. The van der Waals surface area contributed by atoms with E-state index >= 15 is 0 Å². The quantitative estimate of drug-likeness (QED) is 0.795. The molecule has 0 aromatic heterocycles. The van der Waals surface area contributed by atoms with Crippen LogP contribution in [0, 0.1) is 0 Å². The average molecular weight is 357 g/mol. The van der Waals surface area contributed by atoms with E-state index in [4.69, 9.17) is 14.2 Å². The van der Waals surface area contributed by atoms with Crippen LogP contribution in [-0.2, 0) is 10.4 Å². The van der Waals surface area contributed by atoms with Gasteiger partial charge in [-0.2, -0.15) is 0 Å². The Morgan fingerprint density at radius 3 is 2.58 bits per heavy atom. The summed E-state index contributed by atoms with van der Waals surface area (Å²) in [7, 11) is 0. The van der Waals surface area contributed by atoms with Gasteiger partial charge in [-0.25, -0.2) is 0 Å². The molecule has 0 radical (unpaired) electrons. The predicted molar refractivity (Wildman–Crippen MR) is 96.6 cm³/mol. The van der Waals surface area contributed by atoms with Gasteiger partial charge in [-0.05, 0) is 37.3 Å². The maximum absolute atomic E-state index is 12.1. The van der Waals surface area contributed by atoms with Crippen molar-refractivity contribution in [1.82, 2.24) is 5.32 Å². The van der Waals surface area contributed by atoms with Crippen LogP contribution in [0.2, 0.25) is 0 Å². The van der Waals surface area contributed by atoms with Crippen molar-refractivity contribution in [3.05, 3.63) is 54.1 Å². The number of carbonyl (C=O) groups is 1. The molecule has 1 heterocycles. The highest BCUT2D eigenvalue weighted by Crippen LogP contribution is 2.36. The van der Waals surface area contributed by atoms with Gasteiger partial charge in [-0.3, -0.25) is 4.79 Å². The van der Waals surface area contributed by atoms with Gasteiger partial charge in [0.15, 0.2) is 6.61 Å². The SMILES string of the molecule is CCOc1ccc(OCC(=O)NCC2(O)CCOc3ccccc32)cc1. The molecule has 1 unspecified atom stereocenters. The Hall–Kier alpha value is -2.73. The number of carbonyl (C=O) groups excluding carboxylic acids is 1. The molecule has 2 aromatic carbocycles. The van der Waals surface area contributed by atoms with Crippen LogP contribution in [0.1, 0.15) is 18.9 Å². The average Bonchev–Trinajstić information content (AvgIpc) is 2.67. The highest BCUT2D eigenvalue weighted by Gasteiger charge is 2.35. The Labute approximate surface area is 152 Å². The molecule has 0 saturated carbocycles. The lowest BCUT2D eigenvalue weighted by molar-refractivity contribution is -0.124. The van der Waals surface area contributed by atoms with E-state index < -0.39 is 5.60 Å². The third kappa shape index (κ3) is 4.26. The highest BCUT2D eigenvalue weighted by molar-refractivity contribution is 5.77. The lowest BCUT2D eigenvalue weighted by Gasteiger charge is -2.34. The summed E-state index contributed by atoms with van der Waals surface area (Å²) in [5.41, 5.74) is -0.442. The van der Waals surface area contributed by atoms with Crippen LogP contribution >= 0.6 is 0 Å². The van der Waals surface area contributed by atoms with Gasteiger partial charge >= 0.3 is 0 Å². The van der Waals surface area contributed by atoms with E-state index in [1.54, 1.807) is 24.3 Å². The van der Waals surface area contributed by atoms with E-state index in [0.717, 1.165) is 5.75 Å². The summed E-state index contributed by atoms with van der Waals surface area (Å²) in [5, 5.41) is 13.6. The Morgan fingerprint density at radius 2 is 1.85 bits per heavy atom. The summed E-state index contributed by atoms with van der Waals surface area (Å²) in [6.45, 7) is 2.91. The predicted octanol–water partition coefficient (Wildman–Crippen LogP) is 2.25. The molecule has 1 atom stereocenters. The molecule has 1 aliphatic heterocycles. The van der Waals surface area contributed by atoms with E-state index in [1.165, 1.54) is 0 Å². The summed E-state index contributed by atoms with van der Waals surface area (Å²) < 4.78 is 16.4. The Kier molecular flexibility index (Phi) is 5.63. The van der Waals surface area contributed by atoms with E-state index in [2.05, 4.69) is 5.32 Å². The monoisotopic (exact) mass is 357 g/mol. The van der Waals surface area contributed by atoms with Gasteiger partial charge in [0.2, 0.25) is 0 Å². The second kappa shape index (κ2) is 8.10. The van der Waals surface area contributed by atoms with Crippen molar-refractivity contribution < 1.29 is 24.1 Å². The molecule has 138 valence electrons. The van der Waals surface area contributed by atoms with E-state index in [-0.39, 0.29) is 19.1 Å². The first-order valence-electron chi connectivity index (χ1n) is 8.68. The molecule has 0 fully saturated rings. The fourth-order valence-electron chi connectivity index (χ4n) is 2.87. The topological polar surface area (TPSA) is 77.0 Å². The summed E-state index contributed by atoms with van der Waals surface area (Å²) >= 11 is 0. The van der Waals surface area contributed by atoms with Crippen molar-refractivity contribution in [2.45, 2.75) is 18.9 Å². The molecule has 0 aliphatic carbocycles. The maximum Gasteiger partial charge on any atom is 0.258 e. The number of para-hydroxylation sites is 1. The molecule has 2 N–H and O–H groups in total. The molecule has 2 aromatic rings. The van der Waals surface area contributed by atoms with Crippen LogP contribution < -0.4 is 19.5 Å². The van der Waals surface area contributed by atoms with Crippen LogP contribution in [0.15, 0.2) is 48.5 Å². The normalized spacial score (nSPS) is 18.4. The molecule has 0 bridgehead atoms. The largest absolute Gasteiger partial charge is 0.494 e. The first-order chi connectivity index (χ1) is 12.6. The summed E-state index contributed by atoms with van der Waals surface area (Å²) in [4.78, 5) is 12.1. The highest BCUT2D eigenvalue weighted by atomic mass is 16.5. The van der Waals surface area contributed by atoms with Crippen LogP contribution in [0.5, 0.6) is 17.2 Å². The first-order valence-corrected chi connectivity index (χ1v) is 8.68. The van der Waals surface area contributed by atoms with E-state index in [0.29, 0.717) is 36.7 Å². The van der Waals surface area contributed by atoms with Crippen molar-refractivity contribution in [2.75, 3.05) is 26.4 Å². The molecule has 6 heteroatoms. The molecule has 0 spiro atoms. The number of rotatable bonds is 7. The number of amides is 1. The zero-order valence-corrected chi connectivity index (χ0v) is 14.7. The number of ether oxygens (including phenoxy) is 3. The summed E-state index contributed by atoms with van der Waals surface area (Å²) in [6.07, 6.45) is 0.421. The fourth-order valence-corrected chi connectivity index (χ4v) is 2.87. The van der Waals surface area contributed by atoms with Gasteiger partial charge in [0.1, 0.15) is 22.8 Å². The van der Waals surface area contributed by atoms with E-state index in [1.807, 2.05) is 31.2 Å². The lowest BCUT2D eigenvalue weighted by atomic mass is 9.88. The Balaban J connectivity index is 1.51. The smallest absolute Gasteiger partial charge is 0.258 e. The standard InChI is InChI=1S/C20H23NO5/c1-2-24-15-7-9-16(10-8-15)26-13-19(22)21-14-20(23)11-12-25-18-6-4-3-5-17(18)20/h3-10,23H,2,11-14H2,1H3,(H,21,22). The molecule has 3 rings (SSSR count). The molecule has 0 saturated heterocycles. The van der Waals surface area contributed by atoms with Crippen molar-refractivity contribution in [2.24, 2.45) is 0 Å². The zero-order chi connectivity index (χ0) is 18.4.